The zero-order chi connectivity index (χ0) is 14.5. The number of hydrogen-bond donors (Lipinski definition) is 2. The monoisotopic (exact) mass is 299 g/mol. The van der Waals surface area contributed by atoms with Crippen molar-refractivity contribution in [1.29, 1.82) is 0 Å². The van der Waals surface area contributed by atoms with Crippen molar-refractivity contribution in [3.63, 3.8) is 0 Å². The van der Waals surface area contributed by atoms with Gasteiger partial charge in [-0.3, -0.25) is 4.79 Å². The molecule has 4 nitrogen and oxygen atoms in total. The Morgan fingerprint density at radius 3 is 2.95 bits per heavy atom. The molecular weight excluding hydrogens is 282 g/mol. The van der Waals surface area contributed by atoms with Crippen LogP contribution in [0.15, 0.2) is 47.4 Å². The Morgan fingerprint density at radius 2 is 2.19 bits per heavy atom. The third-order valence-corrected chi connectivity index (χ3v) is 4.28. The van der Waals surface area contributed by atoms with Gasteiger partial charge in [-0.25, -0.2) is 4.98 Å². The van der Waals surface area contributed by atoms with Gasteiger partial charge in [-0.1, -0.05) is 42.0 Å². The van der Waals surface area contributed by atoms with E-state index >= 15 is 0 Å². The highest BCUT2D eigenvalue weighted by molar-refractivity contribution is 7.13. The molecule has 1 aliphatic heterocycles. The first kappa shape index (κ1) is 14.0. The van der Waals surface area contributed by atoms with Crippen LogP contribution in [0.1, 0.15) is 16.9 Å². The lowest BCUT2D eigenvalue weighted by atomic mass is 10.1. The van der Waals surface area contributed by atoms with Crippen LogP contribution < -0.4 is 10.6 Å². The van der Waals surface area contributed by atoms with Crippen LogP contribution in [0.2, 0.25) is 0 Å². The van der Waals surface area contributed by atoms with Crippen molar-refractivity contribution in [1.82, 2.24) is 15.6 Å². The maximum Gasteiger partial charge on any atom is 0.271 e. The minimum Gasteiger partial charge on any atom is -0.347 e. The molecule has 0 radical (unpaired) electrons. The highest BCUT2D eigenvalue weighted by Crippen LogP contribution is 2.23. The molecule has 5 heteroatoms. The number of amides is 1. The van der Waals surface area contributed by atoms with Crippen molar-refractivity contribution in [2.45, 2.75) is 6.42 Å². The van der Waals surface area contributed by atoms with E-state index in [1.807, 2.05) is 35.7 Å². The molecular formula is C16H17N3OS. The summed E-state index contributed by atoms with van der Waals surface area (Å²) in [7, 11) is 0. The molecule has 1 aromatic heterocycles. The third kappa shape index (κ3) is 3.56. The Labute approximate surface area is 127 Å². The average molecular weight is 299 g/mol. The van der Waals surface area contributed by atoms with Crippen molar-refractivity contribution in [3.05, 3.63) is 53.1 Å². The van der Waals surface area contributed by atoms with E-state index in [1.165, 1.54) is 16.9 Å². The summed E-state index contributed by atoms with van der Waals surface area (Å²) < 4.78 is 0. The predicted octanol–water partition coefficient (Wildman–Crippen LogP) is 2.46. The van der Waals surface area contributed by atoms with Gasteiger partial charge in [0.25, 0.3) is 5.91 Å². The van der Waals surface area contributed by atoms with Gasteiger partial charge in [0.2, 0.25) is 0 Å². The molecule has 1 aliphatic rings. The van der Waals surface area contributed by atoms with Crippen LogP contribution in [-0.4, -0.2) is 30.5 Å². The molecule has 0 saturated heterocycles. The largest absolute Gasteiger partial charge is 0.347 e. The summed E-state index contributed by atoms with van der Waals surface area (Å²) in [6.07, 6.45) is 3.13. The fourth-order valence-corrected chi connectivity index (χ4v) is 3.01. The van der Waals surface area contributed by atoms with Crippen LogP contribution in [0.5, 0.6) is 0 Å². The number of benzene rings is 1. The number of thiazole rings is 1. The van der Waals surface area contributed by atoms with Crippen LogP contribution in [0.4, 0.5) is 0 Å². The van der Waals surface area contributed by atoms with E-state index < -0.39 is 0 Å². The van der Waals surface area contributed by atoms with E-state index in [2.05, 4.69) is 21.7 Å². The molecule has 0 unspecified atom stereocenters. The molecule has 0 bridgehead atoms. The van der Waals surface area contributed by atoms with Gasteiger partial charge in [-0.05, 0) is 13.0 Å². The lowest BCUT2D eigenvalue weighted by Crippen LogP contribution is -2.29. The molecule has 0 aliphatic carbocycles. The predicted molar refractivity (Wildman–Crippen MR) is 85.5 cm³/mol. The number of nitrogens with zero attached hydrogens (tertiary/aromatic N) is 1. The number of aromatic nitrogens is 1. The van der Waals surface area contributed by atoms with Crippen molar-refractivity contribution < 1.29 is 4.79 Å². The number of carbonyl (C=O) groups excluding carboxylic acids is 1. The molecule has 1 aromatic carbocycles. The highest BCUT2D eigenvalue weighted by atomic mass is 32.1. The highest BCUT2D eigenvalue weighted by Gasteiger charge is 2.12. The second kappa shape index (κ2) is 6.65. The van der Waals surface area contributed by atoms with Crippen molar-refractivity contribution in [2.75, 3.05) is 19.6 Å². The first-order chi connectivity index (χ1) is 10.3. The van der Waals surface area contributed by atoms with Crippen molar-refractivity contribution >= 4 is 17.2 Å². The second-order valence-corrected chi connectivity index (χ2v) is 5.76. The van der Waals surface area contributed by atoms with Gasteiger partial charge in [-0.2, -0.15) is 0 Å². The Bertz CT molecular complexity index is 649. The molecule has 3 rings (SSSR count). The molecule has 0 spiro atoms. The number of rotatable bonds is 4. The smallest absolute Gasteiger partial charge is 0.271 e. The topological polar surface area (TPSA) is 54.0 Å². The SMILES string of the molecule is O=C(NCC1=CCNCC1)c1csc(-c2ccccc2)n1. The lowest BCUT2D eigenvalue weighted by molar-refractivity contribution is 0.0952. The number of nitrogens with one attached hydrogen (secondary N) is 2. The molecule has 108 valence electrons. The summed E-state index contributed by atoms with van der Waals surface area (Å²) in [6.45, 7) is 2.48. The molecule has 2 N–H and O–H groups in total. The molecule has 1 amide bonds. The average Bonchev–Trinajstić information content (AvgIpc) is 3.04. The molecule has 0 atom stereocenters. The zero-order valence-electron chi connectivity index (χ0n) is 11.6. The van der Waals surface area contributed by atoms with Crippen LogP contribution in [-0.2, 0) is 0 Å². The minimum absolute atomic E-state index is 0.104. The summed E-state index contributed by atoms with van der Waals surface area (Å²) >= 11 is 1.50. The number of hydrogen-bond acceptors (Lipinski definition) is 4. The lowest BCUT2D eigenvalue weighted by Gasteiger charge is -2.14. The quantitative estimate of drug-likeness (QED) is 0.853. The van der Waals surface area contributed by atoms with Gasteiger partial charge in [0.05, 0.1) is 0 Å². The minimum atomic E-state index is -0.104. The van der Waals surface area contributed by atoms with Crippen LogP contribution in [0.3, 0.4) is 0 Å². The first-order valence-electron chi connectivity index (χ1n) is 7.01. The van der Waals surface area contributed by atoms with Crippen molar-refractivity contribution in [3.8, 4) is 10.6 Å². The standard InChI is InChI=1S/C16H17N3OS/c20-15(18-10-12-6-8-17-9-7-12)14-11-21-16(19-14)13-4-2-1-3-5-13/h1-6,11,17H,7-10H2,(H,18,20). The van der Waals surface area contributed by atoms with E-state index in [-0.39, 0.29) is 5.91 Å². The van der Waals surface area contributed by atoms with Crippen LogP contribution >= 0.6 is 11.3 Å². The van der Waals surface area contributed by atoms with E-state index in [1.54, 1.807) is 0 Å². The Morgan fingerprint density at radius 1 is 1.33 bits per heavy atom. The second-order valence-electron chi connectivity index (χ2n) is 4.90. The fourth-order valence-electron chi connectivity index (χ4n) is 2.21. The Hall–Kier alpha value is -1.98. The number of carbonyl (C=O) groups is 1. The van der Waals surface area contributed by atoms with E-state index in [9.17, 15) is 4.79 Å². The van der Waals surface area contributed by atoms with Gasteiger partial charge < -0.3 is 10.6 Å². The molecule has 2 aromatic rings. The Kier molecular flexibility index (Phi) is 4.43. The van der Waals surface area contributed by atoms with Gasteiger partial charge in [-0.15, -0.1) is 11.3 Å². The molecule has 0 fully saturated rings. The summed E-state index contributed by atoms with van der Waals surface area (Å²) in [4.78, 5) is 16.5. The summed E-state index contributed by atoms with van der Waals surface area (Å²) in [6, 6.07) is 9.92. The molecule has 0 saturated carbocycles. The van der Waals surface area contributed by atoms with Crippen molar-refractivity contribution in [2.24, 2.45) is 0 Å². The summed E-state index contributed by atoms with van der Waals surface area (Å²) in [5.74, 6) is -0.104. The Balaban J connectivity index is 1.63. The fraction of sp³-hybridized carbons (Fsp3) is 0.250. The third-order valence-electron chi connectivity index (χ3n) is 3.39. The molecule has 2 heterocycles. The van der Waals surface area contributed by atoms with Gasteiger partial charge in [0.15, 0.2) is 0 Å². The first-order valence-corrected chi connectivity index (χ1v) is 7.88. The van der Waals surface area contributed by atoms with E-state index in [0.717, 1.165) is 30.1 Å². The zero-order valence-corrected chi connectivity index (χ0v) is 12.5. The van der Waals surface area contributed by atoms with Gasteiger partial charge in [0.1, 0.15) is 10.7 Å². The van der Waals surface area contributed by atoms with Crippen LogP contribution in [0, 0.1) is 0 Å². The maximum absolute atomic E-state index is 12.1. The maximum atomic E-state index is 12.1. The van der Waals surface area contributed by atoms with Gasteiger partial charge in [0, 0.05) is 24.0 Å². The van der Waals surface area contributed by atoms with E-state index in [0.29, 0.717) is 12.2 Å². The molecule has 21 heavy (non-hydrogen) atoms. The summed E-state index contributed by atoms with van der Waals surface area (Å²) in [5.41, 5.74) is 2.82. The summed E-state index contributed by atoms with van der Waals surface area (Å²) in [5, 5.41) is 8.89. The van der Waals surface area contributed by atoms with E-state index in [4.69, 9.17) is 0 Å². The van der Waals surface area contributed by atoms with Crippen LogP contribution in [0.25, 0.3) is 10.6 Å². The normalized spacial score (nSPS) is 14.6. The van der Waals surface area contributed by atoms with Gasteiger partial charge >= 0.3 is 0 Å².